The molecule has 0 saturated carbocycles. The van der Waals surface area contributed by atoms with Crippen molar-refractivity contribution in [2.45, 2.75) is 32.4 Å². The Hall–Kier alpha value is -2.40. The topological polar surface area (TPSA) is 56.7 Å². The molecule has 0 radical (unpaired) electrons. The maximum Gasteiger partial charge on any atom is 0.339 e. The number of hydrogen-bond donors (Lipinski definition) is 1. The lowest BCUT2D eigenvalue weighted by Gasteiger charge is -2.26. The number of aromatic carboxylic acids is 1. The van der Waals surface area contributed by atoms with E-state index in [0.29, 0.717) is 11.9 Å². The number of pyridine rings is 1. The lowest BCUT2D eigenvalue weighted by atomic mass is 10.0. The molecule has 5 nitrogen and oxygen atoms in total. The molecule has 1 aromatic heterocycles. The standard InChI is InChI=1S/C20H25N3O2/c1-3-15-7-4-5-8-16(15)13-22(2)17-10-12-23(14-17)19-18(20(24)25)9-6-11-21-19/h4-9,11,17H,3,10,12-14H2,1-2H3,(H,24,25)/t17-/m0/s1. The summed E-state index contributed by atoms with van der Waals surface area (Å²) in [7, 11) is 2.15. The number of nitrogens with zero attached hydrogens (tertiary/aromatic N) is 3. The molecule has 2 heterocycles. The van der Waals surface area contributed by atoms with Crippen LogP contribution in [-0.2, 0) is 13.0 Å². The van der Waals surface area contributed by atoms with E-state index in [9.17, 15) is 9.90 Å². The number of benzene rings is 1. The lowest BCUT2D eigenvalue weighted by molar-refractivity contribution is 0.0697. The minimum atomic E-state index is -0.920. The maximum absolute atomic E-state index is 11.4. The third-order valence-corrected chi connectivity index (χ3v) is 5.02. The Kier molecular flexibility index (Phi) is 5.34. The molecule has 0 bridgehead atoms. The molecule has 3 rings (SSSR count). The minimum Gasteiger partial charge on any atom is -0.478 e. The Morgan fingerprint density at radius 2 is 2.04 bits per heavy atom. The van der Waals surface area contributed by atoms with Crippen LogP contribution in [0.5, 0.6) is 0 Å². The molecular formula is C20H25N3O2. The summed E-state index contributed by atoms with van der Waals surface area (Å²) >= 11 is 0. The van der Waals surface area contributed by atoms with Gasteiger partial charge in [-0.25, -0.2) is 9.78 Å². The number of carboxylic acid groups (broad SMARTS) is 1. The summed E-state index contributed by atoms with van der Waals surface area (Å²) in [5.41, 5.74) is 3.04. The Morgan fingerprint density at radius 1 is 1.28 bits per heavy atom. The molecule has 25 heavy (non-hydrogen) atoms. The smallest absolute Gasteiger partial charge is 0.339 e. The predicted octanol–water partition coefficient (Wildman–Crippen LogP) is 3.05. The lowest BCUT2D eigenvalue weighted by Crippen LogP contribution is -2.35. The first-order valence-corrected chi connectivity index (χ1v) is 8.80. The monoisotopic (exact) mass is 339 g/mol. The van der Waals surface area contributed by atoms with Gasteiger partial charge in [0, 0.05) is 31.9 Å². The predicted molar refractivity (Wildman–Crippen MR) is 99.1 cm³/mol. The normalized spacial score (nSPS) is 17.2. The van der Waals surface area contributed by atoms with Gasteiger partial charge in [0.15, 0.2) is 0 Å². The highest BCUT2D eigenvalue weighted by molar-refractivity contribution is 5.93. The van der Waals surface area contributed by atoms with Crippen molar-refractivity contribution in [1.29, 1.82) is 0 Å². The van der Waals surface area contributed by atoms with Gasteiger partial charge in [-0.1, -0.05) is 31.2 Å². The average molecular weight is 339 g/mol. The van der Waals surface area contributed by atoms with Crippen molar-refractivity contribution in [1.82, 2.24) is 9.88 Å². The molecule has 5 heteroatoms. The molecule has 0 aliphatic carbocycles. The van der Waals surface area contributed by atoms with Crippen LogP contribution >= 0.6 is 0 Å². The fourth-order valence-corrected chi connectivity index (χ4v) is 3.56. The second-order valence-electron chi connectivity index (χ2n) is 6.61. The Balaban J connectivity index is 1.69. The molecule has 0 unspecified atom stereocenters. The Labute approximate surface area is 148 Å². The van der Waals surface area contributed by atoms with Crippen LogP contribution in [0.2, 0.25) is 0 Å². The molecule has 0 spiro atoms. The maximum atomic E-state index is 11.4. The van der Waals surface area contributed by atoms with E-state index in [0.717, 1.165) is 32.5 Å². The molecule has 1 aliphatic heterocycles. The van der Waals surface area contributed by atoms with Crippen LogP contribution in [0.25, 0.3) is 0 Å². The highest BCUT2D eigenvalue weighted by atomic mass is 16.4. The van der Waals surface area contributed by atoms with Crippen LogP contribution in [-0.4, -0.2) is 47.1 Å². The van der Waals surface area contributed by atoms with Crippen molar-refractivity contribution in [3.63, 3.8) is 0 Å². The van der Waals surface area contributed by atoms with Gasteiger partial charge in [0.05, 0.1) is 0 Å². The summed E-state index contributed by atoms with van der Waals surface area (Å²) in [4.78, 5) is 20.2. The molecule has 2 aromatic rings. The zero-order valence-electron chi connectivity index (χ0n) is 14.9. The minimum absolute atomic E-state index is 0.280. The van der Waals surface area contributed by atoms with E-state index in [1.807, 2.05) is 0 Å². The zero-order chi connectivity index (χ0) is 17.8. The molecule has 0 amide bonds. The van der Waals surface area contributed by atoms with E-state index in [1.165, 1.54) is 11.1 Å². The number of carboxylic acids is 1. The number of aryl methyl sites for hydroxylation is 1. The van der Waals surface area contributed by atoms with Gasteiger partial charge in [0.2, 0.25) is 0 Å². The van der Waals surface area contributed by atoms with Gasteiger partial charge in [0.1, 0.15) is 11.4 Å². The van der Waals surface area contributed by atoms with E-state index in [1.54, 1.807) is 18.3 Å². The molecule has 1 saturated heterocycles. The van der Waals surface area contributed by atoms with Crippen molar-refractivity contribution in [3.8, 4) is 0 Å². The summed E-state index contributed by atoms with van der Waals surface area (Å²) in [6.07, 6.45) is 3.72. The average Bonchev–Trinajstić information content (AvgIpc) is 3.12. The fourth-order valence-electron chi connectivity index (χ4n) is 3.56. The second-order valence-corrected chi connectivity index (χ2v) is 6.61. The third-order valence-electron chi connectivity index (χ3n) is 5.02. The molecule has 1 N–H and O–H groups in total. The van der Waals surface area contributed by atoms with Gasteiger partial charge in [-0.3, -0.25) is 4.90 Å². The third kappa shape index (κ3) is 3.82. The van der Waals surface area contributed by atoms with E-state index in [2.05, 4.69) is 53.0 Å². The molecule has 1 atom stereocenters. The van der Waals surface area contributed by atoms with E-state index < -0.39 is 5.97 Å². The Bertz CT molecular complexity index is 747. The van der Waals surface area contributed by atoms with Gasteiger partial charge in [0.25, 0.3) is 0 Å². The van der Waals surface area contributed by atoms with Crippen LogP contribution < -0.4 is 4.90 Å². The highest BCUT2D eigenvalue weighted by Gasteiger charge is 2.29. The molecule has 1 aromatic carbocycles. The summed E-state index contributed by atoms with van der Waals surface area (Å²) < 4.78 is 0. The number of anilines is 1. The van der Waals surface area contributed by atoms with Gasteiger partial charge >= 0.3 is 5.97 Å². The molecule has 1 fully saturated rings. The van der Waals surface area contributed by atoms with Crippen molar-refractivity contribution < 1.29 is 9.90 Å². The fraction of sp³-hybridized carbons (Fsp3) is 0.400. The van der Waals surface area contributed by atoms with E-state index in [4.69, 9.17) is 0 Å². The quantitative estimate of drug-likeness (QED) is 0.876. The van der Waals surface area contributed by atoms with Crippen LogP contribution in [0.4, 0.5) is 5.82 Å². The number of likely N-dealkylation sites (N-methyl/N-ethyl adjacent to an activating group) is 1. The van der Waals surface area contributed by atoms with Crippen LogP contribution in [0, 0.1) is 0 Å². The number of hydrogen-bond acceptors (Lipinski definition) is 4. The summed E-state index contributed by atoms with van der Waals surface area (Å²) in [5, 5.41) is 9.38. The van der Waals surface area contributed by atoms with Crippen LogP contribution in [0.15, 0.2) is 42.6 Å². The van der Waals surface area contributed by atoms with Gasteiger partial charge in [-0.15, -0.1) is 0 Å². The van der Waals surface area contributed by atoms with Crippen LogP contribution in [0.1, 0.15) is 34.8 Å². The van der Waals surface area contributed by atoms with Crippen LogP contribution in [0.3, 0.4) is 0 Å². The zero-order valence-corrected chi connectivity index (χ0v) is 14.9. The van der Waals surface area contributed by atoms with E-state index >= 15 is 0 Å². The summed E-state index contributed by atoms with van der Waals surface area (Å²) in [6.45, 7) is 4.74. The van der Waals surface area contributed by atoms with Gasteiger partial charge < -0.3 is 10.0 Å². The number of aromatic nitrogens is 1. The van der Waals surface area contributed by atoms with Crippen molar-refractivity contribution in [2.75, 3.05) is 25.0 Å². The molecule has 1 aliphatic rings. The Morgan fingerprint density at radius 3 is 2.76 bits per heavy atom. The number of rotatable bonds is 6. The SMILES string of the molecule is CCc1ccccc1CN(C)[C@H]1CCN(c2ncccc2C(=O)O)C1. The summed E-state index contributed by atoms with van der Waals surface area (Å²) in [6, 6.07) is 12.3. The molecular weight excluding hydrogens is 314 g/mol. The van der Waals surface area contributed by atoms with Crippen molar-refractivity contribution >= 4 is 11.8 Å². The number of carbonyl (C=O) groups is 1. The molecule has 132 valence electrons. The van der Waals surface area contributed by atoms with Crippen molar-refractivity contribution in [2.24, 2.45) is 0 Å². The highest BCUT2D eigenvalue weighted by Crippen LogP contribution is 2.25. The first-order valence-electron chi connectivity index (χ1n) is 8.80. The first-order chi connectivity index (χ1) is 12.1. The van der Waals surface area contributed by atoms with E-state index in [-0.39, 0.29) is 5.56 Å². The summed E-state index contributed by atoms with van der Waals surface area (Å²) in [5.74, 6) is -0.336. The van der Waals surface area contributed by atoms with Crippen molar-refractivity contribution in [3.05, 3.63) is 59.3 Å². The second kappa shape index (κ2) is 7.66. The van der Waals surface area contributed by atoms with Gasteiger partial charge in [-0.2, -0.15) is 0 Å². The first kappa shape index (κ1) is 17.4. The largest absolute Gasteiger partial charge is 0.478 e. The van der Waals surface area contributed by atoms with Gasteiger partial charge in [-0.05, 0) is 43.1 Å².